The molecule has 1 radical (unpaired) electrons. The first kappa shape index (κ1) is 12.3. The SMILES string of the molecule is COC(=O)C1=C(C)CC(C)=C(C(=O)OC)[N]1. The first-order chi connectivity index (χ1) is 7.51. The minimum Gasteiger partial charge on any atom is -0.464 e. The molecule has 1 aliphatic rings. The number of ether oxygens (including phenoxy) is 2. The van der Waals surface area contributed by atoms with Crippen LogP contribution in [0.5, 0.6) is 0 Å². The molecule has 0 fully saturated rings. The lowest BCUT2D eigenvalue weighted by atomic mass is 10.00. The van der Waals surface area contributed by atoms with Crippen LogP contribution in [0.25, 0.3) is 0 Å². The van der Waals surface area contributed by atoms with Crippen molar-refractivity contribution in [3.05, 3.63) is 22.5 Å². The van der Waals surface area contributed by atoms with Crippen LogP contribution in [0.4, 0.5) is 0 Å². The Balaban J connectivity index is 2.99. The van der Waals surface area contributed by atoms with Crippen molar-refractivity contribution in [1.29, 1.82) is 0 Å². The van der Waals surface area contributed by atoms with Crippen LogP contribution in [0.2, 0.25) is 0 Å². The summed E-state index contributed by atoms with van der Waals surface area (Å²) in [5.41, 5.74) is 1.95. The van der Waals surface area contributed by atoms with E-state index < -0.39 is 11.9 Å². The van der Waals surface area contributed by atoms with Gasteiger partial charge in [-0.1, -0.05) is 0 Å². The summed E-state index contributed by atoms with van der Waals surface area (Å²) in [5, 5.41) is 4.00. The summed E-state index contributed by atoms with van der Waals surface area (Å²) < 4.78 is 9.18. The van der Waals surface area contributed by atoms with Gasteiger partial charge in [0, 0.05) is 0 Å². The first-order valence-corrected chi connectivity index (χ1v) is 4.79. The summed E-state index contributed by atoms with van der Waals surface area (Å²) in [4.78, 5) is 22.8. The van der Waals surface area contributed by atoms with Crippen molar-refractivity contribution < 1.29 is 19.1 Å². The number of methoxy groups -OCH3 is 2. The third-order valence-electron chi connectivity index (χ3n) is 2.32. The normalized spacial score (nSPS) is 15.8. The molecule has 1 aliphatic heterocycles. The maximum Gasteiger partial charge on any atom is 0.356 e. The van der Waals surface area contributed by atoms with Crippen LogP contribution in [0, 0.1) is 0 Å². The van der Waals surface area contributed by atoms with E-state index >= 15 is 0 Å². The lowest BCUT2D eigenvalue weighted by Gasteiger charge is -2.19. The van der Waals surface area contributed by atoms with Gasteiger partial charge in [0.25, 0.3) is 0 Å². The Kier molecular flexibility index (Phi) is 3.71. The maximum atomic E-state index is 11.4. The molecule has 0 aromatic heterocycles. The topological polar surface area (TPSA) is 66.7 Å². The molecular formula is C11H14NO4. The van der Waals surface area contributed by atoms with Gasteiger partial charge in [-0.05, 0) is 31.4 Å². The van der Waals surface area contributed by atoms with Gasteiger partial charge in [0.15, 0.2) is 0 Å². The van der Waals surface area contributed by atoms with E-state index in [-0.39, 0.29) is 11.4 Å². The Labute approximate surface area is 94.1 Å². The van der Waals surface area contributed by atoms with Gasteiger partial charge in [-0.3, -0.25) is 0 Å². The summed E-state index contributed by atoms with van der Waals surface area (Å²) >= 11 is 0. The number of allylic oxidation sites excluding steroid dienone is 2. The fourth-order valence-corrected chi connectivity index (χ4v) is 1.50. The Morgan fingerprint density at radius 1 is 1.00 bits per heavy atom. The fraction of sp³-hybridized carbons (Fsp3) is 0.455. The number of carbonyl (C=O) groups is 2. The summed E-state index contributed by atoms with van der Waals surface area (Å²) in [5.74, 6) is -1.07. The van der Waals surface area contributed by atoms with Crippen LogP contribution in [-0.4, -0.2) is 26.2 Å². The highest BCUT2D eigenvalue weighted by Crippen LogP contribution is 2.24. The van der Waals surface area contributed by atoms with Crippen LogP contribution < -0.4 is 5.32 Å². The minimum absolute atomic E-state index is 0.188. The largest absolute Gasteiger partial charge is 0.464 e. The molecule has 0 aromatic carbocycles. The quantitative estimate of drug-likeness (QED) is 0.653. The molecule has 0 saturated carbocycles. The van der Waals surface area contributed by atoms with E-state index in [4.69, 9.17) is 0 Å². The van der Waals surface area contributed by atoms with Crippen LogP contribution in [-0.2, 0) is 19.1 Å². The Morgan fingerprint density at radius 3 is 1.69 bits per heavy atom. The van der Waals surface area contributed by atoms with Crippen molar-refractivity contribution in [3.63, 3.8) is 0 Å². The zero-order valence-electron chi connectivity index (χ0n) is 9.79. The van der Waals surface area contributed by atoms with E-state index in [2.05, 4.69) is 14.8 Å². The molecule has 0 aliphatic carbocycles. The van der Waals surface area contributed by atoms with Gasteiger partial charge >= 0.3 is 11.9 Å². The van der Waals surface area contributed by atoms with Crippen LogP contribution in [0.15, 0.2) is 22.5 Å². The standard InChI is InChI=1S/C11H14NO4/c1-6-5-7(2)9(11(14)16-4)12-8(6)10(13)15-3/h5H2,1-4H3. The molecule has 1 rings (SSSR count). The lowest BCUT2D eigenvalue weighted by molar-refractivity contribution is -0.137. The van der Waals surface area contributed by atoms with Gasteiger partial charge in [0.2, 0.25) is 0 Å². The molecule has 5 heteroatoms. The molecule has 0 atom stereocenters. The Bertz CT molecular complexity index is 357. The average molecular weight is 224 g/mol. The van der Waals surface area contributed by atoms with Gasteiger partial charge < -0.3 is 9.47 Å². The smallest absolute Gasteiger partial charge is 0.356 e. The van der Waals surface area contributed by atoms with Crippen molar-refractivity contribution in [2.75, 3.05) is 14.2 Å². The van der Waals surface area contributed by atoms with Gasteiger partial charge in [-0.2, -0.15) is 0 Å². The predicted octanol–water partition coefficient (Wildman–Crippen LogP) is 0.888. The highest BCUT2D eigenvalue weighted by atomic mass is 16.5. The molecule has 0 spiro atoms. The molecule has 87 valence electrons. The Morgan fingerprint density at radius 2 is 1.38 bits per heavy atom. The van der Waals surface area contributed by atoms with Gasteiger partial charge in [-0.25, -0.2) is 14.9 Å². The van der Waals surface area contributed by atoms with Crippen molar-refractivity contribution in [2.24, 2.45) is 0 Å². The number of nitrogens with zero attached hydrogens (tertiary/aromatic N) is 1. The monoisotopic (exact) mass is 224 g/mol. The predicted molar refractivity (Wildman–Crippen MR) is 56.2 cm³/mol. The van der Waals surface area contributed by atoms with Gasteiger partial charge in [0.05, 0.1) is 14.2 Å². The molecule has 0 unspecified atom stereocenters. The van der Waals surface area contributed by atoms with Crippen molar-refractivity contribution in [2.45, 2.75) is 20.3 Å². The zero-order chi connectivity index (χ0) is 12.3. The molecule has 0 N–H and O–H groups in total. The van der Waals surface area contributed by atoms with E-state index in [1.54, 1.807) is 13.8 Å². The first-order valence-electron chi connectivity index (χ1n) is 4.79. The van der Waals surface area contributed by atoms with Crippen LogP contribution >= 0.6 is 0 Å². The third kappa shape index (κ3) is 2.24. The fourth-order valence-electron chi connectivity index (χ4n) is 1.50. The molecule has 5 nitrogen and oxygen atoms in total. The molecule has 0 bridgehead atoms. The summed E-state index contributed by atoms with van der Waals surface area (Å²) in [6, 6.07) is 0. The van der Waals surface area contributed by atoms with E-state index in [9.17, 15) is 9.59 Å². The van der Waals surface area contributed by atoms with Crippen molar-refractivity contribution >= 4 is 11.9 Å². The van der Waals surface area contributed by atoms with Gasteiger partial charge in [0.1, 0.15) is 11.4 Å². The van der Waals surface area contributed by atoms with E-state index in [0.29, 0.717) is 6.42 Å². The zero-order valence-corrected chi connectivity index (χ0v) is 9.79. The number of esters is 2. The summed E-state index contributed by atoms with van der Waals surface area (Å²) in [7, 11) is 2.56. The summed E-state index contributed by atoms with van der Waals surface area (Å²) in [6.07, 6.45) is 0.526. The molecule has 0 amide bonds. The molecule has 1 heterocycles. The van der Waals surface area contributed by atoms with Crippen LogP contribution in [0.3, 0.4) is 0 Å². The molecular weight excluding hydrogens is 210 g/mol. The van der Waals surface area contributed by atoms with Gasteiger partial charge in [-0.15, -0.1) is 0 Å². The summed E-state index contributed by atoms with van der Waals surface area (Å²) in [6.45, 7) is 3.57. The third-order valence-corrected chi connectivity index (χ3v) is 2.32. The highest BCUT2D eigenvalue weighted by molar-refractivity contribution is 5.95. The molecule has 0 saturated heterocycles. The molecule has 0 aromatic rings. The second kappa shape index (κ2) is 4.83. The maximum absolute atomic E-state index is 11.4. The number of rotatable bonds is 2. The highest BCUT2D eigenvalue weighted by Gasteiger charge is 2.27. The second-order valence-corrected chi connectivity index (χ2v) is 3.53. The minimum atomic E-state index is -0.536. The van der Waals surface area contributed by atoms with Crippen molar-refractivity contribution in [1.82, 2.24) is 5.32 Å². The second-order valence-electron chi connectivity index (χ2n) is 3.53. The van der Waals surface area contributed by atoms with Crippen molar-refractivity contribution in [3.8, 4) is 0 Å². The van der Waals surface area contributed by atoms with Crippen LogP contribution in [0.1, 0.15) is 20.3 Å². The number of carbonyl (C=O) groups excluding carboxylic acids is 2. The average Bonchev–Trinajstić information content (AvgIpc) is 2.27. The van der Waals surface area contributed by atoms with E-state index in [1.807, 2.05) is 0 Å². The Hall–Kier alpha value is -1.78. The number of hydrogen-bond donors (Lipinski definition) is 0. The number of hydrogen-bond acceptors (Lipinski definition) is 4. The van der Waals surface area contributed by atoms with E-state index in [1.165, 1.54) is 14.2 Å². The molecule has 16 heavy (non-hydrogen) atoms. The van der Waals surface area contributed by atoms with E-state index in [0.717, 1.165) is 11.1 Å². The lowest BCUT2D eigenvalue weighted by Crippen LogP contribution is -2.26.